The van der Waals surface area contributed by atoms with Crippen LogP contribution < -0.4 is 9.60 Å². The summed E-state index contributed by atoms with van der Waals surface area (Å²) in [6.45, 7) is 2.58. The Balaban J connectivity index is 1.88. The lowest BCUT2D eigenvalue weighted by atomic mass is 10.2. The molecule has 1 amide bonds. The number of anilines is 1. The van der Waals surface area contributed by atoms with Crippen molar-refractivity contribution >= 4 is 43.2 Å². The number of hydrogen-bond acceptors (Lipinski definition) is 5. The number of carbonyl (C=O) groups is 1. The van der Waals surface area contributed by atoms with E-state index in [1.165, 1.54) is 17.0 Å². The highest BCUT2D eigenvalue weighted by molar-refractivity contribution is 7.92. The maximum absolute atomic E-state index is 12.7. The lowest BCUT2D eigenvalue weighted by Crippen LogP contribution is -2.21. The molecule has 0 aliphatic heterocycles. The number of hydrogen-bond donors (Lipinski definition) is 1. The fraction of sp³-hybridized carbons (Fsp3) is 0.263. The Labute approximate surface area is 167 Å². The molecule has 1 heterocycles. The first-order chi connectivity index (χ1) is 13.2. The first-order valence-electron chi connectivity index (χ1n) is 8.71. The van der Waals surface area contributed by atoms with E-state index in [1.54, 1.807) is 49.0 Å². The van der Waals surface area contributed by atoms with E-state index in [9.17, 15) is 18.0 Å². The number of aromatic nitrogens is 1. The second-order valence-corrected chi connectivity index (χ2v) is 9.21. The maximum Gasteiger partial charge on any atom is 0.308 e. The van der Waals surface area contributed by atoms with E-state index in [0.29, 0.717) is 22.5 Å². The summed E-state index contributed by atoms with van der Waals surface area (Å²) in [6.07, 6.45) is 0.819. The van der Waals surface area contributed by atoms with Gasteiger partial charge in [-0.25, -0.2) is 8.42 Å². The zero-order valence-electron chi connectivity index (χ0n) is 15.8. The van der Waals surface area contributed by atoms with Gasteiger partial charge in [0, 0.05) is 31.9 Å². The molecule has 28 heavy (non-hydrogen) atoms. The summed E-state index contributed by atoms with van der Waals surface area (Å²) < 4.78 is 30.2. The van der Waals surface area contributed by atoms with Crippen LogP contribution in [0.4, 0.5) is 5.69 Å². The minimum absolute atomic E-state index is 0.0818. The van der Waals surface area contributed by atoms with Crippen LogP contribution in [0.2, 0.25) is 0 Å². The van der Waals surface area contributed by atoms with Gasteiger partial charge in [0.05, 0.1) is 15.1 Å². The molecule has 0 spiro atoms. The Hall–Kier alpha value is -2.65. The summed E-state index contributed by atoms with van der Waals surface area (Å²) in [5.74, 6) is -0.161. The van der Waals surface area contributed by atoms with Crippen LogP contribution in [-0.4, -0.2) is 37.9 Å². The molecule has 1 aromatic heterocycles. The Morgan fingerprint density at radius 2 is 1.82 bits per heavy atom. The molecule has 0 saturated carbocycles. The molecule has 3 aromatic rings. The zero-order chi connectivity index (χ0) is 20.5. The van der Waals surface area contributed by atoms with Crippen LogP contribution in [0.3, 0.4) is 0 Å². The molecule has 2 aromatic carbocycles. The van der Waals surface area contributed by atoms with E-state index in [2.05, 4.69) is 4.72 Å². The van der Waals surface area contributed by atoms with Crippen molar-refractivity contribution in [1.29, 1.82) is 0 Å². The molecule has 148 valence electrons. The van der Waals surface area contributed by atoms with Gasteiger partial charge in [-0.05, 0) is 48.9 Å². The molecule has 7 nitrogen and oxygen atoms in total. The smallest absolute Gasteiger partial charge is 0.308 e. The van der Waals surface area contributed by atoms with Crippen molar-refractivity contribution in [3.63, 3.8) is 0 Å². The predicted octanol–water partition coefficient (Wildman–Crippen LogP) is 2.98. The molecule has 3 rings (SSSR count). The van der Waals surface area contributed by atoms with Crippen LogP contribution in [0.25, 0.3) is 10.2 Å². The second-order valence-electron chi connectivity index (χ2n) is 6.53. The fourth-order valence-electron chi connectivity index (χ4n) is 2.80. The van der Waals surface area contributed by atoms with Crippen molar-refractivity contribution in [3.05, 3.63) is 57.7 Å². The zero-order valence-corrected chi connectivity index (χ0v) is 17.4. The molecule has 0 atom stereocenters. The monoisotopic (exact) mass is 419 g/mol. The van der Waals surface area contributed by atoms with Gasteiger partial charge >= 0.3 is 4.87 Å². The van der Waals surface area contributed by atoms with Crippen molar-refractivity contribution in [3.8, 4) is 0 Å². The van der Waals surface area contributed by atoms with Gasteiger partial charge in [-0.2, -0.15) is 0 Å². The molecule has 0 saturated heterocycles. The van der Waals surface area contributed by atoms with Gasteiger partial charge in [0.15, 0.2) is 0 Å². The van der Waals surface area contributed by atoms with Crippen molar-refractivity contribution in [2.24, 2.45) is 0 Å². The molecule has 0 aliphatic rings. The lowest BCUT2D eigenvalue weighted by Gasteiger charge is -2.12. The highest BCUT2D eigenvalue weighted by atomic mass is 32.2. The number of thiazole rings is 1. The fourth-order valence-corrected chi connectivity index (χ4v) is 4.92. The van der Waals surface area contributed by atoms with E-state index in [4.69, 9.17) is 0 Å². The summed E-state index contributed by atoms with van der Waals surface area (Å²) in [6, 6.07) is 10.9. The first kappa shape index (κ1) is 20.1. The van der Waals surface area contributed by atoms with Crippen molar-refractivity contribution < 1.29 is 13.2 Å². The number of aryl methyl sites for hydroxylation is 1. The number of carbonyl (C=O) groups excluding carboxylic acids is 1. The van der Waals surface area contributed by atoms with Gasteiger partial charge in [-0.1, -0.05) is 18.3 Å². The van der Waals surface area contributed by atoms with E-state index in [0.717, 1.165) is 23.3 Å². The van der Waals surface area contributed by atoms with Gasteiger partial charge in [0.25, 0.3) is 15.9 Å². The Kier molecular flexibility index (Phi) is 5.57. The number of nitrogens with one attached hydrogen (secondary N) is 1. The summed E-state index contributed by atoms with van der Waals surface area (Å²) in [5, 5.41) is 0. The standard InChI is InChI=1S/C19H21N3O4S2/c1-4-11-22-16-10-9-15(12-17(16)27-19(22)24)28(25,26)20-14-7-5-13(6-8-14)18(23)21(2)3/h5-10,12,20H,4,11H2,1-3H3. The third-order valence-electron chi connectivity index (χ3n) is 4.19. The average Bonchev–Trinajstić information content (AvgIpc) is 2.96. The van der Waals surface area contributed by atoms with Crippen molar-refractivity contribution in [2.75, 3.05) is 18.8 Å². The van der Waals surface area contributed by atoms with Crippen molar-refractivity contribution in [1.82, 2.24) is 9.47 Å². The van der Waals surface area contributed by atoms with Gasteiger partial charge in [0.2, 0.25) is 0 Å². The Morgan fingerprint density at radius 3 is 2.43 bits per heavy atom. The summed E-state index contributed by atoms with van der Waals surface area (Å²) in [5.41, 5.74) is 1.56. The number of fused-ring (bicyclic) bond motifs is 1. The van der Waals surface area contributed by atoms with E-state index in [-0.39, 0.29) is 15.7 Å². The molecule has 0 fully saturated rings. The van der Waals surface area contributed by atoms with Gasteiger partial charge in [-0.15, -0.1) is 0 Å². The van der Waals surface area contributed by atoms with Crippen LogP contribution >= 0.6 is 11.3 Å². The highest BCUT2D eigenvalue weighted by Gasteiger charge is 2.17. The maximum atomic E-state index is 12.7. The molecule has 9 heteroatoms. The van der Waals surface area contributed by atoms with Crippen LogP contribution in [-0.2, 0) is 16.6 Å². The third-order valence-corrected chi connectivity index (χ3v) is 6.51. The Bertz CT molecular complexity index is 1180. The van der Waals surface area contributed by atoms with Gasteiger partial charge in [-0.3, -0.25) is 18.9 Å². The SMILES string of the molecule is CCCn1c(=O)sc2cc(S(=O)(=O)Nc3ccc(C(=O)N(C)C)cc3)ccc21. The minimum Gasteiger partial charge on any atom is -0.345 e. The molecule has 0 bridgehead atoms. The number of sulfonamides is 1. The van der Waals surface area contributed by atoms with Crippen LogP contribution in [0.1, 0.15) is 23.7 Å². The topological polar surface area (TPSA) is 88.5 Å². The lowest BCUT2D eigenvalue weighted by molar-refractivity contribution is 0.0827. The number of rotatable bonds is 6. The van der Waals surface area contributed by atoms with Gasteiger partial charge < -0.3 is 4.90 Å². The van der Waals surface area contributed by atoms with Crippen LogP contribution in [0, 0.1) is 0 Å². The van der Waals surface area contributed by atoms with Gasteiger partial charge in [0.1, 0.15) is 0 Å². The van der Waals surface area contributed by atoms with Crippen molar-refractivity contribution in [2.45, 2.75) is 24.8 Å². The second kappa shape index (κ2) is 7.76. The minimum atomic E-state index is -3.82. The molecule has 1 N–H and O–H groups in total. The van der Waals surface area contributed by atoms with E-state index >= 15 is 0 Å². The largest absolute Gasteiger partial charge is 0.345 e. The highest BCUT2D eigenvalue weighted by Crippen LogP contribution is 2.24. The Morgan fingerprint density at radius 1 is 1.14 bits per heavy atom. The predicted molar refractivity (Wildman–Crippen MR) is 112 cm³/mol. The molecule has 0 aliphatic carbocycles. The van der Waals surface area contributed by atoms with E-state index in [1.807, 2.05) is 6.92 Å². The quantitative estimate of drug-likeness (QED) is 0.665. The van der Waals surface area contributed by atoms with Crippen LogP contribution in [0.5, 0.6) is 0 Å². The molecule has 0 unspecified atom stereocenters. The first-order valence-corrected chi connectivity index (χ1v) is 11.0. The summed E-state index contributed by atoms with van der Waals surface area (Å²) in [4.78, 5) is 25.5. The summed E-state index contributed by atoms with van der Waals surface area (Å²) >= 11 is 1.04. The normalized spacial score (nSPS) is 11.5. The molecular formula is C19H21N3O4S2. The molecular weight excluding hydrogens is 398 g/mol. The van der Waals surface area contributed by atoms with E-state index < -0.39 is 10.0 Å². The third kappa shape index (κ3) is 3.95. The van der Waals surface area contributed by atoms with Crippen LogP contribution in [0.15, 0.2) is 52.2 Å². The number of amides is 1. The average molecular weight is 420 g/mol. The number of benzene rings is 2. The number of nitrogens with zero attached hydrogens (tertiary/aromatic N) is 2. The molecule has 0 radical (unpaired) electrons. The summed E-state index contributed by atoms with van der Waals surface area (Å²) in [7, 11) is -0.520.